The lowest BCUT2D eigenvalue weighted by atomic mass is 10.0. The molecule has 0 aliphatic heterocycles. The van der Waals surface area contributed by atoms with Gasteiger partial charge in [0.1, 0.15) is 5.76 Å². The van der Waals surface area contributed by atoms with Gasteiger partial charge in [0.05, 0.1) is 12.3 Å². The molecule has 0 bridgehead atoms. The van der Waals surface area contributed by atoms with Crippen molar-refractivity contribution in [3.05, 3.63) is 59.5 Å². The van der Waals surface area contributed by atoms with E-state index in [9.17, 15) is 0 Å². The smallest absolute Gasteiger partial charge is 0.125 e. The molecule has 15 heavy (non-hydrogen) atoms. The molecule has 0 saturated heterocycles. The van der Waals surface area contributed by atoms with E-state index in [-0.39, 0.29) is 6.04 Å². The van der Waals surface area contributed by atoms with E-state index in [2.05, 4.69) is 36.5 Å². The Morgan fingerprint density at radius 1 is 1.20 bits per heavy atom. The number of benzene rings is 1. The zero-order valence-electron chi connectivity index (χ0n) is 9.03. The molecule has 0 radical (unpaired) electrons. The first kappa shape index (κ1) is 9.99. The highest BCUT2D eigenvalue weighted by Crippen LogP contribution is 2.22. The van der Waals surface area contributed by atoms with Gasteiger partial charge in [0, 0.05) is 0 Å². The highest BCUT2D eigenvalue weighted by atomic mass is 16.3. The first-order chi connectivity index (χ1) is 7.31. The van der Waals surface area contributed by atoms with Gasteiger partial charge in [0.25, 0.3) is 0 Å². The van der Waals surface area contributed by atoms with Crippen LogP contribution in [-0.2, 0) is 0 Å². The number of furan rings is 1. The van der Waals surface area contributed by atoms with E-state index in [0.29, 0.717) is 0 Å². The van der Waals surface area contributed by atoms with E-state index < -0.39 is 0 Å². The Morgan fingerprint density at radius 3 is 2.67 bits per heavy atom. The zero-order valence-corrected chi connectivity index (χ0v) is 9.03. The van der Waals surface area contributed by atoms with Crippen LogP contribution in [0.15, 0.2) is 47.1 Å². The molecule has 0 aliphatic carbocycles. The number of rotatable bonds is 3. The molecule has 1 unspecified atom stereocenters. The Morgan fingerprint density at radius 2 is 2.07 bits per heavy atom. The Bertz CT molecular complexity index is 420. The molecule has 1 atom stereocenters. The van der Waals surface area contributed by atoms with Crippen LogP contribution < -0.4 is 5.32 Å². The molecule has 2 aromatic rings. The summed E-state index contributed by atoms with van der Waals surface area (Å²) in [5.41, 5.74) is 2.49. The number of hydrogen-bond acceptors (Lipinski definition) is 2. The van der Waals surface area contributed by atoms with Crippen molar-refractivity contribution >= 4 is 0 Å². The number of nitrogens with one attached hydrogen (secondary N) is 1. The largest absolute Gasteiger partial charge is 0.467 e. The van der Waals surface area contributed by atoms with Gasteiger partial charge in [-0.25, -0.2) is 0 Å². The van der Waals surface area contributed by atoms with Gasteiger partial charge in [-0.05, 0) is 31.7 Å². The average Bonchev–Trinajstić information content (AvgIpc) is 2.72. The van der Waals surface area contributed by atoms with Crippen molar-refractivity contribution in [2.45, 2.75) is 13.0 Å². The van der Waals surface area contributed by atoms with Gasteiger partial charge in [-0.2, -0.15) is 0 Å². The summed E-state index contributed by atoms with van der Waals surface area (Å²) in [5, 5.41) is 3.25. The molecule has 0 amide bonds. The van der Waals surface area contributed by atoms with E-state index >= 15 is 0 Å². The molecule has 1 aromatic carbocycles. The summed E-state index contributed by atoms with van der Waals surface area (Å²) in [6, 6.07) is 12.5. The molecule has 0 fully saturated rings. The van der Waals surface area contributed by atoms with Crippen molar-refractivity contribution < 1.29 is 4.42 Å². The Hall–Kier alpha value is -1.54. The zero-order chi connectivity index (χ0) is 10.7. The molecule has 1 aromatic heterocycles. The van der Waals surface area contributed by atoms with Crippen LogP contribution in [0.1, 0.15) is 22.9 Å². The van der Waals surface area contributed by atoms with Crippen molar-refractivity contribution in [2.75, 3.05) is 7.05 Å². The van der Waals surface area contributed by atoms with Crippen molar-refractivity contribution in [3.63, 3.8) is 0 Å². The second-order valence-electron chi connectivity index (χ2n) is 3.65. The van der Waals surface area contributed by atoms with Crippen LogP contribution in [0.5, 0.6) is 0 Å². The van der Waals surface area contributed by atoms with Crippen molar-refractivity contribution in [1.82, 2.24) is 5.32 Å². The summed E-state index contributed by atoms with van der Waals surface area (Å²) in [6.07, 6.45) is 1.70. The second-order valence-corrected chi connectivity index (χ2v) is 3.65. The summed E-state index contributed by atoms with van der Waals surface area (Å²) in [7, 11) is 1.94. The van der Waals surface area contributed by atoms with E-state index in [1.54, 1.807) is 6.26 Å². The summed E-state index contributed by atoms with van der Waals surface area (Å²) in [4.78, 5) is 0. The molecular formula is C13H15NO. The molecule has 78 valence electrons. The monoisotopic (exact) mass is 201 g/mol. The maximum atomic E-state index is 5.42. The predicted octanol–water partition coefficient (Wildman–Crippen LogP) is 2.90. The third-order valence-electron chi connectivity index (χ3n) is 2.49. The van der Waals surface area contributed by atoms with Crippen molar-refractivity contribution in [3.8, 4) is 0 Å². The summed E-state index contributed by atoms with van der Waals surface area (Å²) in [6.45, 7) is 2.10. The number of hydrogen-bond donors (Lipinski definition) is 1. The lowest BCUT2D eigenvalue weighted by Crippen LogP contribution is -2.16. The first-order valence-electron chi connectivity index (χ1n) is 5.08. The van der Waals surface area contributed by atoms with Gasteiger partial charge < -0.3 is 9.73 Å². The minimum Gasteiger partial charge on any atom is -0.467 e. The van der Waals surface area contributed by atoms with E-state index in [1.807, 2.05) is 19.2 Å². The third kappa shape index (κ3) is 2.10. The van der Waals surface area contributed by atoms with Crippen LogP contribution in [0.4, 0.5) is 0 Å². The SMILES string of the molecule is CNC(c1cccc(C)c1)c1ccco1. The maximum absolute atomic E-state index is 5.42. The van der Waals surface area contributed by atoms with Crippen LogP contribution in [0.2, 0.25) is 0 Å². The molecular weight excluding hydrogens is 186 g/mol. The summed E-state index contributed by atoms with van der Waals surface area (Å²) >= 11 is 0. The number of aryl methyl sites for hydroxylation is 1. The molecule has 1 heterocycles. The normalized spacial score (nSPS) is 12.7. The van der Waals surface area contributed by atoms with Gasteiger partial charge in [0.15, 0.2) is 0 Å². The van der Waals surface area contributed by atoms with Crippen molar-refractivity contribution in [2.24, 2.45) is 0 Å². The molecule has 0 saturated carbocycles. The fraction of sp³-hybridized carbons (Fsp3) is 0.231. The van der Waals surface area contributed by atoms with Crippen LogP contribution in [-0.4, -0.2) is 7.05 Å². The van der Waals surface area contributed by atoms with Gasteiger partial charge in [-0.1, -0.05) is 29.8 Å². The van der Waals surface area contributed by atoms with Gasteiger partial charge in [0.2, 0.25) is 0 Å². The van der Waals surface area contributed by atoms with E-state index in [4.69, 9.17) is 4.42 Å². The molecule has 2 heteroatoms. The lowest BCUT2D eigenvalue weighted by molar-refractivity contribution is 0.463. The second kappa shape index (κ2) is 4.32. The van der Waals surface area contributed by atoms with Crippen LogP contribution in [0.3, 0.4) is 0 Å². The minimum absolute atomic E-state index is 0.139. The average molecular weight is 201 g/mol. The van der Waals surface area contributed by atoms with Gasteiger partial charge in [-0.15, -0.1) is 0 Å². The Balaban J connectivity index is 2.35. The van der Waals surface area contributed by atoms with E-state index in [1.165, 1.54) is 11.1 Å². The fourth-order valence-corrected chi connectivity index (χ4v) is 1.78. The lowest BCUT2D eigenvalue weighted by Gasteiger charge is -2.14. The standard InChI is InChI=1S/C13H15NO/c1-10-5-3-6-11(9-10)13(14-2)12-7-4-8-15-12/h3-9,13-14H,1-2H3. The quantitative estimate of drug-likeness (QED) is 0.826. The minimum atomic E-state index is 0.139. The predicted molar refractivity (Wildman–Crippen MR) is 60.8 cm³/mol. The molecule has 0 spiro atoms. The van der Waals surface area contributed by atoms with Crippen molar-refractivity contribution in [1.29, 1.82) is 0 Å². The summed E-state index contributed by atoms with van der Waals surface area (Å²) in [5.74, 6) is 0.947. The maximum Gasteiger partial charge on any atom is 0.125 e. The molecule has 1 N–H and O–H groups in total. The fourth-order valence-electron chi connectivity index (χ4n) is 1.78. The van der Waals surface area contributed by atoms with E-state index in [0.717, 1.165) is 5.76 Å². The van der Waals surface area contributed by atoms with Crippen LogP contribution in [0.25, 0.3) is 0 Å². The molecule has 2 nitrogen and oxygen atoms in total. The Labute approximate surface area is 89.9 Å². The summed E-state index contributed by atoms with van der Waals surface area (Å²) < 4.78 is 5.42. The first-order valence-corrected chi connectivity index (χ1v) is 5.08. The third-order valence-corrected chi connectivity index (χ3v) is 2.49. The van der Waals surface area contributed by atoms with Crippen LogP contribution >= 0.6 is 0 Å². The Kier molecular flexibility index (Phi) is 2.88. The molecule has 2 rings (SSSR count). The van der Waals surface area contributed by atoms with Gasteiger partial charge >= 0.3 is 0 Å². The van der Waals surface area contributed by atoms with Crippen LogP contribution in [0, 0.1) is 6.92 Å². The molecule has 0 aliphatic rings. The highest BCUT2D eigenvalue weighted by Gasteiger charge is 2.13. The highest BCUT2D eigenvalue weighted by molar-refractivity contribution is 5.29. The van der Waals surface area contributed by atoms with Gasteiger partial charge in [-0.3, -0.25) is 0 Å². The topological polar surface area (TPSA) is 25.2 Å².